The molecule has 0 bridgehead atoms. The molecule has 0 aliphatic carbocycles. The summed E-state index contributed by atoms with van der Waals surface area (Å²) in [6.07, 6.45) is 0.777. The van der Waals surface area contributed by atoms with Crippen LogP contribution >= 0.6 is 0 Å². The van der Waals surface area contributed by atoms with E-state index in [9.17, 15) is 0 Å². The van der Waals surface area contributed by atoms with Gasteiger partial charge in [0.15, 0.2) is 11.5 Å². The van der Waals surface area contributed by atoms with Crippen LogP contribution in [0.3, 0.4) is 0 Å². The lowest BCUT2D eigenvalue weighted by Gasteiger charge is -2.20. The van der Waals surface area contributed by atoms with Crippen molar-refractivity contribution in [1.82, 2.24) is 0 Å². The van der Waals surface area contributed by atoms with Gasteiger partial charge in [0.2, 0.25) is 0 Å². The summed E-state index contributed by atoms with van der Waals surface area (Å²) in [5.41, 5.74) is 12.5. The van der Waals surface area contributed by atoms with Gasteiger partial charge in [0.25, 0.3) is 0 Å². The van der Waals surface area contributed by atoms with Crippen LogP contribution in [0.2, 0.25) is 0 Å². The van der Waals surface area contributed by atoms with Crippen molar-refractivity contribution in [1.29, 1.82) is 0 Å². The van der Waals surface area contributed by atoms with Crippen LogP contribution in [0.25, 0.3) is 0 Å². The molecular weight excluding hydrogens is 192 g/mol. The Labute approximate surface area is 89.2 Å². The molecule has 0 spiro atoms. The smallest absolute Gasteiger partial charge is 0.161 e. The Morgan fingerprint density at radius 1 is 1.20 bits per heavy atom. The van der Waals surface area contributed by atoms with Gasteiger partial charge in [0.1, 0.15) is 13.2 Å². The maximum atomic E-state index is 5.96. The monoisotopic (exact) mass is 208 g/mol. The fourth-order valence-corrected chi connectivity index (χ4v) is 1.64. The van der Waals surface area contributed by atoms with E-state index in [-0.39, 0.29) is 6.04 Å². The van der Waals surface area contributed by atoms with Gasteiger partial charge in [-0.05, 0) is 30.7 Å². The Kier molecular flexibility index (Phi) is 3.08. The number of ether oxygens (including phenoxy) is 2. The highest BCUT2D eigenvalue weighted by Gasteiger charge is 2.14. The van der Waals surface area contributed by atoms with Gasteiger partial charge in [-0.2, -0.15) is 0 Å². The van der Waals surface area contributed by atoms with Crippen molar-refractivity contribution in [2.75, 3.05) is 19.8 Å². The zero-order valence-corrected chi connectivity index (χ0v) is 8.61. The zero-order chi connectivity index (χ0) is 10.7. The Bertz CT molecular complexity index is 341. The molecule has 2 rings (SSSR count). The zero-order valence-electron chi connectivity index (χ0n) is 8.61. The van der Waals surface area contributed by atoms with Crippen molar-refractivity contribution in [2.24, 2.45) is 11.5 Å². The standard InChI is InChI=1S/C11H16N2O2/c12-4-3-9(13)8-1-2-10-11(7-8)15-6-5-14-10/h1-2,7,9H,3-6,12-13H2/t9-/m0/s1. The first kappa shape index (κ1) is 10.3. The van der Waals surface area contributed by atoms with Crippen molar-refractivity contribution in [3.05, 3.63) is 23.8 Å². The van der Waals surface area contributed by atoms with Crippen molar-refractivity contribution < 1.29 is 9.47 Å². The first-order valence-corrected chi connectivity index (χ1v) is 5.16. The molecule has 0 saturated carbocycles. The third-order valence-corrected chi connectivity index (χ3v) is 2.47. The van der Waals surface area contributed by atoms with Crippen LogP contribution in [-0.4, -0.2) is 19.8 Å². The molecule has 1 atom stereocenters. The molecule has 4 heteroatoms. The maximum absolute atomic E-state index is 5.96. The van der Waals surface area contributed by atoms with Gasteiger partial charge in [-0.25, -0.2) is 0 Å². The third kappa shape index (κ3) is 2.22. The predicted molar refractivity (Wildman–Crippen MR) is 58.0 cm³/mol. The number of hydrogen-bond acceptors (Lipinski definition) is 4. The second kappa shape index (κ2) is 4.51. The Hall–Kier alpha value is -1.26. The first-order valence-electron chi connectivity index (χ1n) is 5.16. The lowest BCUT2D eigenvalue weighted by atomic mass is 10.0. The van der Waals surface area contributed by atoms with E-state index < -0.39 is 0 Å². The second-order valence-electron chi connectivity index (χ2n) is 3.59. The number of hydrogen-bond donors (Lipinski definition) is 2. The number of fused-ring (bicyclic) bond motifs is 1. The third-order valence-electron chi connectivity index (χ3n) is 2.47. The molecule has 4 N–H and O–H groups in total. The average Bonchev–Trinajstić information content (AvgIpc) is 2.29. The molecule has 0 fully saturated rings. The van der Waals surface area contributed by atoms with Gasteiger partial charge in [-0.3, -0.25) is 0 Å². The second-order valence-corrected chi connectivity index (χ2v) is 3.59. The lowest BCUT2D eigenvalue weighted by molar-refractivity contribution is 0.171. The normalized spacial score (nSPS) is 16.1. The number of benzene rings is 1. The van der Waals surface area contributed by atoms with Crippen LogP contribution in [0.5, 0.6) is 11.5 Å². The van der Waals surface area contributed by atoms with Crippen LogP contribution < -0.4 is 20.9 Å². The molecule has 0 unspecified atom stereocenters. The highest BCUT2D eigenvalue weighted by atomic mass is 16.6. The van der Waals surface area contributed by atoms with Crippen molar-refractivity contribution in [3.8, 4) is 11.5 Å². The molecule has 1 aromatic rings. The van der Waals surface area contributed by atoms with Crippen LogP contribution in [0, 0.1) is 0 Å². The summed E-state index contributed by atoms with van der Waals surface area (Å²) in [5, 5.41) is 0. The van der Waals surface area contributed by atoms with Crippen LogP contribution in [0.4, 0.5) is 0 Å². The van der Waals surface area contributed by atoms with Crippen LogP contribution in [-0.2, 0) is 0 Å². The molecule has 1 aliphatic rings. The Morgan fingerprint density at radius 2 is 1.93 bits per heavy atom. The van der Waals surface area contributed by atoms with Crippen molar-refractivity contribution in [3.63, 3.8) is 0 Å². The largest absolute Gasteiger partial charge is 0.486 e. The van der Waals surface area contributed by atoms with Crippen LogP contribution in [0.1, 0.15) is 18.0 Å². The average molecular weight is 208 g/mol. The molecule has 4 nitrogen and oxygen atoms in total. The summed E-state index contributed by atoms with van der Waals surface area (Å²) in [4.78, 5) is 0. The summed E-state index contributed by atoms with van der Waals surface area (Å²) in [6.45, 7) is 1.80. The van der Waals surface area contributed by atoms with E-state index in [2.05, 4.69) is 0 Å². The summed E-state index contributed by atoms with van der Waals surface area (Å²) in [5.74, 6) is 1.58. The molecule has 0 amide bonds. The number of rotatable bonds is 3. The maximum Gasteiger partial charge on any atom is 0.161 e. The Balaban J connectivity index is 2.20. The van der Waals surface area contributed by atoms with E-state index in [1.165, 1.54) is 0 Å². The van der Waals surface area contributed by atoms with Crippen molar-refractivity contribution in [2.45, 2.75) is 12.5 Å². The molecule has 0 aromatic heterocycles. The van der Waals surface area contributed by atoms with Gasteiger partial charge >= 0.3 is 0 Å². The first-order chi connectivity index (χ1) is 7.31. The van der Waals surface area contributed by atoms with E-state index in [0.29, 0.717) is 19.8 Å². The number of nitrogens with two attached hydrogens (primary N) is 2. The molecule has 15 heavy (non-hydrogen) atoms. The fraction of sp³-hybridized carbons (Fsp3) is 0.455. The van der Waals surface area contributed by atoms with Gasteiger partial charge in [-0.15, -0.1) is 0 Å². The van der Waals surface area contributed by atoms with E-state index >= 15 is 0 Å². The minimum Gasteiger partial charge on any atom is -0.486 e. The Morgan fingerprint density at radius 3 is 2.67 bits per heavy atom. The van der Waals surface area contributed by atoms with E-state index in [0.717, 1.165) is 23.5 Å². The van der Waals surface area contributed by atoms with E-state index in [1.807, 2.05) is 18.2 Å². The van der Waals surface area contributed by atoms with Gasteiger partial charge in [0, 0.05) is 6.04 Å². The topological polar surface area (TPSA) is 70.5 Å². The minimum atomic E-state index is -0.0224. The lowest BCUT2D eigenvalue weighted by Crippen LogP contribution is -2.18. The molecule has 1 aliphatic heterocycles. The summed E-state index contributed by atoms with van der Waals surface area (Å²) in [6, 6.07) is 5.79. The quantitative estimate of drug-likeness (QED) is 0.771. The molecule has 0 saturated heterocycles. The van der Waals surface area contributed by atoms with Gasteiger partial charge in [0.05, 0.1) is 0 Å². The summed E-state index contributed by atoms with van der Waals surface area (Å²) >= 11 is 0. The molecule has 0 radical (unpaired) electrons. The van der Waals surface area contributed by atoms with Gasteiger partial charge in [-0.1, -0.05) is 6.07 Å². The highest BCUT2D eigenvalue weighted by molar-refractivity contribution is 5.44. The minimum absolute atomic E-state index is 0.0224. The SMILES string of the molecule is NCC[C@H](N)c1ccc2c(c1)OCCO2. The molecule has 1 heterocycles. The fourth-order valence-electron chi connectivity index (χ4n) is 1.64. The molecular formula is C11H16N2O2. The summed E-state index contributed by atoms with van der Waals surface area (Å²) in [7, 11) is 0. The highest BCUT2D eigenvalue weighted by Crippen LogP contribution is 2.32. The van der Waals surface area contributed by atoms with Crippen LogP contribution in [0.15, 0.2) is 18.2 Å². The van der Waals surface area contributed by atoms with E-state index in [4.69, 9.17) is 20.9 Å². The van der Waals surface area contributed by atoms with E-state index in [1.54, 1.807) is 0 Å². The summed E-state index contributed by atoms with van der Waals surface area (Å²) < 4.78 is 10.9. The van der Waals surface area contributed by atoms with Gasteiger partial charge < -0.3 is 20.9 Å². The molecule has 82 valence electrons. The molecule has 1 aromatic carbocycles. The predicted octanol–water partition coefficient (Wildman–Crippen LogP) is 0.806. The van der Waals surface area contributed by atoms with Crippen molar-refractivity contribution >= 4 is 0 Å².